The van der Waals surface area contributed by atoms with Crippen LogP contribution in [0.25, 0.3) is 0 Å². The number of methoxy groups -OCH3 is 1. The first-order valence-corrected chi connectivity index (χ1v) is 6.32. The van der Waals surface area contributed by atoms with E-state index >= 15 is 0 Å². The second-order valence-electron chi connectivity index (χ2n) is 4.40. The number of hydrogen-bond acceptors (Lipinski definition) is 3. The van der Waals surface area contributed by atoms with E-state index in [1.165, 1.54) is 17.7 Å². The maximum Gasteiger partial charge on any atom is 0.134 e. The van der Waals surface area contributed by atoms with Crippen molar-refractivity contribution in [3.8, 4) is 5.75 Å². The van der Waals surface area contributed by atoms with Gasteiger partial charge in [0.05, 0.1) is 12.0 Å². The Morgan fingerprint density at radius 1 is 1.47 bits per heavy atom. The zero-order valence-corrected chi connectivity index (χ0v) is 10.9. The smallest absolute Gasteiger partial charge is 0.134 e. The van der Waals surface area contributed by atoms with Crippen LogP contribution in [-0.4, -0.2) is 12.6 Å². The van der Waals surface area contributed by atoms with Gasteiger partial charge in [0, 0.05) is 12.1 Å². The number of ether oxygens (including phenoxy) is 1. The summed E-state index contributed by atoms with van der Waals surface area (Å²) in [6.45, 7) is 7.61. The molecule has 0 bridgehead atoms. The van der Waals surface area contributed by atoms with Crippen molar-refractivity contribution in [2.24, 2.45) is 0 Å². The summed E-state index contributed by atoms with van der Waals surface area (Å²) in [6.07, 6.45) is 2.41. The zero-order valence-electron chi connectivity index (χ0n) is 10.1. The lowest BCUT2D eigenvalue weighted by molar-refractivity contribution is 0.352. The molecule has 0 aliphatic carbocycles. The van der Waals surface area contributed by atoms with E-state index in [4.69, 9.17) is 4.74 Å². The third kappa shape index (κ3) is 3.84. The highest BCUT2D eigenvalue weighted by Crippen LogP contribution is 2.25. The maximum atomic E-state index is 5.28. The molecule has 0 aliphatic heterocycles. The average molecular weight is 227 g/mol. The lowest BCUT2D eigenvalue weighted by atomic mass is 9.99. The molecule has 0 spiro atoms. The highest BCUT2D eigenvalue weighted by atomic mass is 32.1. The quantitative estimate of drug-likeness (QED) is 0.804. The zero-order chi connectivity index (χ0) is 11.3. The first-order valence-electron chi connectivity index (χ1n) is 5.44. The molecular formula is C12H21NOS. The van der Waals surface area contributed by atoms with E-state index in [9.17, 15) is 0 Å². The molecule has 0 aliphatic rings. The van der Waals surface area contributed by atoms with Gasteiger partial charge in [-0.15, -0.1) is 11.3 Å². The van der Waals surface area contributed by atoms with Gasteiger partial charge in [0.2, 0.25) is 0 Å². The second kappa shape index (κ2) is 5.52. The van der Waals surface area contributed by atoms with Gasteiger partial charge in [-0.3, -0.25) is 0 Å². The van der Waals surface area contributed by atoms with Gasteiger partial charge < -0.3 is 10.1 Å². The lowest BCUT2D eigenvalue weighted by Gasteiger charge is -2.25. The van der Waals surface area contributed by atoms with E-state index in [0.717, 1.165) is 12.3 Å². The van der Waals surface area contributed by atoms with Crippen LogP contribution in [0.15, 0.2) is 11.4 Å². The summed E-state index contributed by atoms with van der Waals surface area (Å²) in [5.41, 5.74) is 0.212. The van der Waals surface area contributed by atoms with Crippen molar-refractivity contribution in [2.45, 2.75) is 45.7 Å². The Hall–Kier alpha value is -0.540. The summed E-state index contributed by atoms with van der Waals surface area (Å²) in [5, 5.41) is 5.64. The summed E-state index contributed by atoms with van der Waals surface area (Å²) in [4.78, 5) is 1.28. The minimum atomic E-state index is 0.212. The largest absolute Gasteiger partial charge is 0.496 e. The van der Waals surface area contributed by atoms with Crippen LogP contribution in [0.5, 0.6) is 5.75 Å². The standard InChI is InChI=1S/C12H21NOS/c1-5-7-12(2,3)13-9-11-10(14-4)6-8-15-11/h6,8,13H,5,7,9H2,1-4H3. The molecule has 3 heteroatoms. The summed E-state index contributed by atoms with van der Waals surface area (Å²) in [5.74, 6) is 1.000. The Balaban J connectivity index is 2.49. The molecule has 2 nitrogen and oxygen atoms in total. The summed E-state index contributed by atoms with van der Waals surface area (Å²) >= 11 is 1.75. The molecule has 0 saturated carbocycles. The highest BCUT2D eigenvalue weighted by Gasteiger charge is 2.16. The normalized spacial score (nSPS) is 11.7. The molecule has 1 heterocycles. The van der Waals surface area contributed by atoms with Crippen LogP contribution in [0.3, 0.4) is 0 Å². The van der Waals surface area contributed by atoms with E-state index in [-0.39, 0.29) is 5.54 Å². The molecule has 0 unspecified atom stereocenters. The summed E-state index contributed by atoms with van der Waals surface area (Å²) in [6, 6.07) is 2.02. The Morgan fingerprint density at radius 3 is 2.80 bits per heavy atom. The van der Waals surface area contributed by atoms with Crippen molar-refractivity contribution < 1.29 is 4.74 Å². The first-order chi connectivity index (χ1) is 7.09. The molecular weight excluding hydrogens is 206 g/mol. The number of thiophene rings is 1. The van der Waals surface area contributed by atoms with Gasteiger partial charge in [-0.25, -0.2) is 0 Å². The third-order valence-corrected chi connectivity index (χ3v) is 3.43. The van der Waals surface area contributed by atoms with Gasteiger partial charge in [0.25, 0.3) is 0 Å². The van der Waals surface area contributed by atoms with Gasteiger partial charge in [-0.2, -0.15) is 0 Å². The lowest BCUT2D eigenvalue weighted by Crippen LogP contribution is -2.38. The molecule has 0 aromatic carbocycles. The molecule has 1 rings (SSSR count). The van der Waals surface area contributed by atoms with Crippen molar-refractivity contribution in [3.63, 3.8) is 0 Å². The average Bonchev–Trinajstić information content (AvgIpc) is 2.62. The van der Waals surface area contributed by atoms with Gasteiger partial charge in [-0.05, 0) is 31.7 Å². The van der Waals surface area contributed by atoms with Crippen LogP contribution in [0.2, 0.25) is 0 Å². The molecule has 1 aromatic heterocycles. The van der Waals surface area contributed by atoms with Crippen LogP contribution in [0, 0.1) is 0 Å². The van der Waals surface area contributed by atoms with Crippen molar-refractivity contribution in [1.29, 1.82) is 0 Å². The monoisotopic (exact) mass is 227 g/mol. The topological polar surface area (TPSA) is 21.3 Å². The van der Waals surface area contributed by atoms with Gasteiger partial charge in [-0.1, -0.05) is 13.3 Å². The van der Waals surface area contributed by atoms with E-state index in [1.54, 1.807) is 18.4 Å². The predicted molar refractivity (Wildman–Crippen MR) is 66.7 cm³/mol. The van der Waals surface area contributed by atoms with Gasteiger partial charge >= 0.3 is 0 Å². The molecule has 1 aromatic rings. The summed E-state index contributed by atoms with van der Waals surface area (Å²) in [7, 11) is 1.72. The fourth-order valence-electron chi connectivity index (χ4n) is 1.67. The maximum absolute atomic E-state index is 5.28. The molecule has 86 valence electrons. The molecule has 0 saturated heterocycles. The van der Waals surface area contributed by atoms with Gasteiger partial charge in [0.15, 0.2) is 0 Å². The molecule has 0 atom stereocenters. The second-order valence-corrected chi connectivity index (χ2v) is 5.40. The SMILES string of the molecule is CCCC(C)(C)NCc1sccc1OC. The fourth-order valence-corrected chi connectivity index (χ4v) is 2.45. The molecule has 0 amide bonds. The van der Waals surface area contributed by atoms with Crippen LogP contribution in [0.4, 0.5) is 0 Å². The van der Waals surface area contributed by atoms with Crippen molar-refractivity contribution in [1.82, 2.24) is 5.32 Å². The third-order valence-electron chi connectivity index (χ3n) is 2.53. The number of hydrogen-bond donors (Lipinski definition) is 1. The Kier molecular flexibility index (Phi) is 4.61. The number of rotatable bonds is 6. The van der Waals surface area contributed by atoms with Crippen LogP contribution in [-0.2, 0) is 6.54 Å². The van der Waals surface area contributed by atoms with E-state index < -0.39 is 0 Å². The Morgan fingerprint density at radius 2 is 2.20 bits per heavy atom. The summed E-state index contributed by atoms with van der Waals surface area (Å²) < 4.78 is 5.28. The van der Waals surface area contributed by atoms with Crippen LogP contribution < -0.4 is 10.1 Å². The van der Waals surface area contributed by atoms with Crippen LogP contribution >= 0.6 is 11.3 Å². The minimum Gasteiger partial charge on any atom is -0.496 e. The van der Waals surface area contributed by atoms with Crippen LogP contribution in [0.1, 0.15) is 38.5 Å². The number of nitrogens with one attached hydrogen (secondary N) is 1. The van der Waals surface area contributed by atoms with Crippen molar-refractivity contribution in [3.05, 3.63) is 16.3 Å². The van der Waals surface area contributed by atoms with Gasteiger partial charge in [0.1, 0.15) is 5.75 Å². The first kappa shape index (κ1) is 12.5. The van der Waals surface area contributed by atoms with E-state index in [0.29, 0.717) is 0 Å². The predicted octanol–water partition coefficient (Wildman–Crippen LogP) is 3.43. The molecule has 15 heavy (non-hydrogen) atoms. The molecule has 0 radical (unpaired) electrons. The highest BCUT2D eigenvalue weighted by molar-refractivity contribution is 7.10. The van der Waals surface area contributed by atoms with Crippen molar-refractivity contribution in [2.75, 3.05) is 7.11 Å². The van der Waals surface area contributed by atoms with E-state index in [2.05, 4.69) is 31.5 Å². The Bertz CT molecular complexity index is 294. The molecule has 1 N–H and O–H groups in total. The Labute approximate surface area is 96.7 Å². The molecule has 0 fully saturated rings. The fraction of sp³-hybridized carbons (Fsp3) is 0.667. The van der Waals surface area contributed by atoms with E-state index in [1.807, 2.05) is 6.07 Å². The minimum absolute atomic E-state index is 0.212. The van der Waals surface area contributed by atoms with Crippen molar-refractivity contribution >= 4 is 11.3 Å².